The fourth-order valence-corrected chi connectivity index (χ4v) is 4.09. The number of ether oxygens (including phenoxy) is 2. The van der Waals surface area contributed by atoms with Gasteiger partial charge in [0.1, 0.15) is 17.0 Å². The summed E-state index contributed by atoms with van der Waals surface area (Å²) in [7, 11) is 0. The van der Waals surface area contributed by atoms with Crippen LogP contribution in [0, 0.1) is 5.82 Å². The van der Waals surface area contributed by atoms with Gasteiger partial charge in [-0.25, -0.2) is 14.0 Å². The smallest absolute Gasteiger partial charge is 0.407 e. The Balaban J connectivity index is 1.72. The fraction of sp³-hybridized carbons (Fsp3) is 0.480. The maximum Gasteiger partial charge on any atom is 0.407 e. The molecule has 2 aliphatic rings. The van der Waals surface area contributed by atoms with Crippen LogP contribution in [0.2, 0.25) is 0 Å². The van der Waals surface area contributed by atoms with E-state index in [1.165, 1.54) is 6.07 Å². The van der Waals surface area contributed by atoms with Gasteiger partial charge >= 0.3 is 12.1 Å². The molecule has 1 fully saturated rings. The molecule has 0 bridgehead atoms. The van der Waals surface area contributed by atoms with Crippen LogP contribution in [0.25, 0.3) is 17.0 Å². The van der Waals surface area contributed by atoms with Gasteiger partial charge in [-0.3, -0.25) is 4.79 Å². The van der Waals surface area contributed by atoms with E-state index >= 15 is 4.39 Å². The van der Waals surface area contributed by atoms with E-state index < -0.39 is 28.9 Å². The lowest BCUT2D eigenvalue weighted by Gasteiger charge is -2.23. The van der Waals surface area contributed by atoms with Crippen LogP contribution >= 0.6 is 0 Å². The van der Waals surface area contributed by atoms with Gasteiger partial charge in [-0.15, -0.1) is 0 Å². The summed E-state index contributed by atoms with van der Waals surface area (Å²) in [6.07, 6.45) is 7.02. The molecule has 8 nitrogen and oxygen atoms in total. The number of alkyl carbamates (subject to hydrolysis) is 1. The second kappa shape index (κ2) is 9.12. The Morgan fingerprint density at radius 2 is 2.03 bits per heavy atom. The number of benzene rings is 1. The number of nitrogens with zero attached hydrogens (tertiary/aromatic N) is 1. The first kappa shape index (κ1) is 23.8. The van der Waals surface area contributed by atoms with Crippen LogP contribution in [0.4, 0.5) is 14.9 Å². The molecule has 0 spiro atoms. The van der Waals surface area contributed by atoms with Gasteiger partial charge in [0.25, 0.3) is 0 Å². The molecule has 1 aromatic carbocycles. The Morgan fingerprint density at radius 1 is 1.29 bits per heavy atom. The van der Waals surface area contributed by atoms with Gasteiger partial charge in [-0.05, 0) is 53.0 Å². The third-order valence-electron chi connectivity index (χ3n) is 5.69. The first-order valence-corrected chi connectivity index (χ1v) is 11.6. The Hall–Kier alpha value is -3.36. The van der Waals surface area contributed by atoms with Gasteiger partial charge in [0.2, 0.25) is 5.43 Å². The Bertz CT molecular complexity index is 1220. The van der Waals surface area contributed by atoms with E-state index in [2.05, 4.69) is 10.6 Å². The molecular formula is C25H30FN3O5. The molecule has 4 rings (SSSR count). The van der Waals surface area contributed by atoms with Gasteiger partial charge in [-0.2, -0.15) is 0 Å². The van der Waals surface area contributed by atoms with Crippen LogP contribution in [0.5, 0.6) is 0 Å². The molecule has 1 aromatic heterocycles. The van der Waals surface area contributed by atoms with Crippen LogP contribution in [-0.2, 0) is 9.47 Å². The Morgan fingerprint density at radius 3 is 2.68 bits per heavy atom. The predicted octanol–water partition coefficient (Wildman–Crippen LogP) is 4.37. The van der Waals surface area contributed by atoms with E-state index in [1.54, 1.807) is 40.0 Å². The van der Waals surface area contributed by atoms with Gasteiger partial charge < -0.3 is 24.7 Å². The predicted molar refractivity (Wildman–Crippen MR) is 128 cm³/mol. The average molecular weight is 472 g/mol. The minimum Gasteiger partial charge on any atom is -0.462 e. The highest BCUT2D eigenvalue weighted by Crippen LogP contribution is 2.40. The van der Waals surface area contributed by atoms with E-state index in [1.807, 2.05) is 10.6 Å². The quantitative estimate of drug-likeness (QED) is 0.628. The number of halogens is 1. The normalized spacial score (nSPS) is 17.5. The minimum atomic E-state index is -0.707. The zero-order chi connectivity index (χ0) is 24.6. The molecule has 2 aromatic rings. The van der Waals surface area contributed by atoms with Gasteiger partial charge in [0.05, 0.1) is 23.2 Å². The molecule has 0 saturated heterocycles. The molecule has 1 aliphatic heterocycles. The van der Waals surface area contributed by atoms with Crippen LogP contribution in [-0.4, -0.2) is 41.4 Å². The molecular weight excluding hydrogens is 441 g/mol. The van der Waals surface area contributed by atoms with Crippen molar-refractivity contribution in [2.24, 2.45) is 0 Å². The number of hydrogen-bond acceptors (Lipinski definition) is 6. The molecule has 0 radical (unpaired) electrons. The Kier molecular flexibility index (Phi) is 6.38. The molecule has 182 valence electrons. The number of carbonyl (C=O) groups excluding carboxylic acids is 2. The topological polar surface area (TPSA) is 98.7 Å². The summed E-state index contributed by atoms with van der Waals surface area (Å²) < 4.78 is 27.5. The van der Waals surface area contributed by atoms with Crippen molar-refractivity contribution in [3.05, 3.63) is 45.5 Å². The molecule has 0 unspecified atom stereocenters. The van der Waals surface area contributed by atoms with Crippen molar-refractivity contribution in [2.75, 3.05) is 18.5 Å². The third-order valence-corrected chi connectivity index (χ3v) is 5.69. The van der Waals surface area contributed by atoms with Crippen molar-refractivity contribution in [1.82, 2.24) is 9.88 Å². The molecule has 1 atom stereocenters. The first-order chi connectivity index (χ1) is 16.1. The number of esters is 1. The summed E-state index contributed by atoms with van der Waals surface area (Å²) in [5.74, 6) is -1.31. The van der Waals surface area contributed by atoms with Gasteiger partial charge in [0, 0.05) is 30.4 Å². The molecule has 34 heavy (non-hydrogen) atoms. The highest BCUT2D eigenvalue weighted by Gasteiger charge is 2.30. The highest BCUT2D eigenvalue weighted by atomic mass is 19.1. The Labute approximate surface area is 197 Å². The first-order valence-electron chi connectivity index (χ1n) is 11.6. The number of carbonyl (C=O) groups is 2. The summed E-state index contributed by atoms with van der Waals surface area (Å²) in [5, 5.41) is 6.05. The van der Waals surface area contributed by atoms with E-state index in [0.29, 0.717) is 17.5 Å². The maximum atomic E-state index is 15.3. The van der Waals surface area contributed by atoms with Crippen molar-refractivity contribution in [1.29, 1.82) is 0 Å². The van der Waals surface area contributed by atoms with E-state index in [0.717, 1.165) is 12.8 Å². The van der Waals surface area contributed by atoms with Crippen molar-refractivity contribution in [3.8, 4) is 0 Å². The molecule has 2 N–H and O–H groups in total. The molecule has 1 saturated carbocycles. The molecule has 1 aliphatic carbocycles. The number of amides is 1. The number of fused-ring (bicyclic) bond motifs is 3. The van der Waals surface area contributed by atoms with E-state index in [9.17, 15) is 14.4 Å². The number of rotatable bonds is 5. The summed E-state index contributed by atoms with van der Waals surface area (Å²) in [6, 6.07) is 1.03. The zero-order valence-corrected chi connectivity index (χ0v) is 19.9. The van der Waals surface area contributed by atoms with Crippen molar-refractivity contribution in [3.63, 3.8) is 0 Å². The van der Waals surface area contributed by atoms with Gasteiger partial charge in [0.15, 0.2) is 0 Å². The monoisotopic (exact) mass is 471 g/mol. The number of pyridine rings is 1. The number of hydrogen-bond donors (Lipinski definition) is 2. The lowest BCUT2D eigenvalue weighted by Crippen LogP contribution is -2.39. The second-order valence-electron chi connectivity index (χ2n) is 9.64. The van der Waals surface area contributed by atoms with E-state index in [4.69, 9.17) is 9.47 Å². The molecule has 9 heteroatoms. The maximum absolute atomic E-state index is 15.3. The second-order valence-corrected chi connectivity index (χ2v) is 9.64. The summed E-state index contributed by atoms with van der Waals surface area (Å²) in [6.45, 7) is 7.38. The van der Waals surface area contributed by atoms with E-state index in [-0.39, 0.29) is 41.9 Å². The van der Waals surface area contributed by atoms with Crippen LogP contribution in [0.15, 0.2) is 23.1 Å². The summed E-state index contributed by atoms with van der Waals surface area (Å²) in [5.41, 5.74) is 0.136. The summed E-state index contributed by atoms with van der Waals surface area (Å²) in [4.78, 5) is 37.6. The molecule has 2 heterocycles. The number of aromatic nitrogens is 1. The van der Waals surface area contributed by atoms with Crippen molar-refractivity contribution < 1.29 is 23.5 Å². The van der Waals surface area contributed by atoms with Crippen LogP contribution in [0.1, 0.15) is 68.9 Å². The highest BCUT2D eigenvalue weighted by molar-refractivity contribution is 5.99. The molecule has 1 amide bonds. The third kappa shape index (κ3) is 4.93. The SMILES string of the molecule is CCOC(=O)c1cn(C2CC2)c2c3c(c(F)cc2c1=O)N[C@@H](CNC(=O)OC(C)(C)C)CC=C3. The van der Waals surface area contributed by atoms with Crippen molar-refractivity contribution in [2.45, 2.75) is 64.6 Å². The zero-order valence-electron chi connectivity index (χ0n) is 19.9. The van der Waals surface area contributed by atoms with Gasteiger partial charge in [-0.1, -0.05) is 12.2 Å². The number of anilines is 1. The fourth-order valence-electron chi connectivity index (χ4n) is 4.09. The average Bonchev–Trinajstić information content (AvgIpc) is 3.59. The lowest BCUT2D eigenvalue weighted by molar-refractivity contribution is 0.0514. The van der Waals surface area contributed by atoms with Crippen LogP contribution in [0.3, 0.4) is 0 Å². The number of nitrogens with one attached hydrogen (secondary N) is 2. The van der Waals surface area contributed by atoms with Crippen LogP contribution < -0.4 is 16.1 Å². The summed E-state index contributed by atoms with van der Waals surface area (Å²) >= 11 is 0. The minimum absolute atomic E-state index is 0.0920. The standard InChI is InChI=1S/C25H30FN3O5/c1-5-33-23(31)18-13-29(15-9-10-15)21-16-8-6-7-14(12-27-24(32)34-25(2,3)4)28-20(16)19(26)11-17(21)22(18)30/h6,8,11,13-15,28H,5,7,9-10,12H2,1-4H3,(H,27,32)/t14-/m1/s1. The lowest BCUT2D eigenvalue weighted by atomic mass is 10.0. The largest absolute Gasteiger partial charge is 0.462 e. The van der Waals surface area contributed by atoms with Crippen molar-refractivity contribution >= 4 is 34.7 Å².